The lowest BCUT2D eigenvalue weighted by molar-refractivity contribution is -0.126. The van der Waals surface area contributed by atoms with Gasteiger partial charge in [0.05, 0.1) is 6.04 Å². The number of nitrogens with one attached hydrogen (secondary N) is 1. The van der Waals surface area contributed by atoms with Crippen molar-refractivity contribution >= 4 is 11.7 Å². The van der Waals surface area contributed by atoms with E-state index in [0.29, 0.717) is 31.2 Å². The highest BCUT2D eigenvalue weighted by Crippen LogP contribution is 2.20. The predicted molar refractivity (Wildman–Crippen MR) is 63.2 cm³/mol. The molecule has 1 rings (SSSR count). The Bertz CT molecular complexity index is 256. The fraction of sp³-hybridized carbons (Fsp3) is 0.833. The first-order valence-corrected chi connectivity index (χ1v) is 6.07. The fourth-order valence-electron chi connectivity index (χ4n) is 2.15. The summed E-state index contributed by atoms with van der Waals surface area (Å²) < 4.78 is 0. The molecule has 0 aromatic heterocycles. The van der Waals surface area contributed by atoms with Gasteiger partial charge in [-0.25, -0.2) is 0 Å². The van der Waals surface area contributed by atoms with Crippen molar-refractivity contribution in [2.45, 2.75) is 51.6 Å². The lowest BCUT2D eigenvalue weighted by Gasteiger charge is -2.34. The van der Waals surface area contributed by atoms with Gasteiger partial charge >= 0.3 is 0 Å². The number of amides is 1. The van der Waals surface area contributed by atoms with Gasteiger partial charge in [0.1, 0.15) is 5.78 Å². The molecule has 1 saturated carbocycles. The summed E-state index contributed by atoms with van der Waals surface area (Å²) in [6, 6.07) is 0.258. The second-order valence-electron chi connectivity index (χ2n) is 4.51. The lowest BCUT2D eigenvalue weighted by Crippen LogP contribution is -2.48. The molecule has 1 aliphatic rings. The number of carbonyl (C=O) groups excluding carboxylic acids is 2. The van der Waals surface area contributed by atoms with E-state index in [9.17, 15) is 9.59 Å². The van der Waals surface area contributed by atoms with E-state index in [1.807, 2.05) is 20.9 Å². The van der Waals surface area contributed by atoms with Crippen molar-refractivity contribution in [2.24, 2.45) is 0 Å². The van der Waals surface area contributed by atoms with Crippen molar-refractivity contribution < 1.29 is 9.59 Å². The predicted octanol–water partition coefficient (Wildman–Crippen LogP) is 0.954. The minimum Gasteiger partial charge on any atom is -0.355 e. The van der Waals surface area contributed by atoms with Crippen LogP contribution in [0.3, 0.4) is 0 Å². The van der Waals surface area contributed by atoms with Gasteiger partial charge in [-0.3, -0.25) is 14.5 Å². The van der Waals surface area contributed by atoms with Gasteiger partial charge in [0, 0.05) is 25.4 Å². The molecule has 0 aliphatic heterocycles. The van der Waals surface area contributed by atoms with E-state index in [1.165, 1.54) is 0 Å². The molecule has 1 fully saturated rings. The van der Waals surface area contributed by atoms with Crippen LogP contribution in [0.1, 0.15) is 39.5 Å². The van der Waals surface area contributed by atoms with Gasteiger partial charge in [-0.15, -0.1) is 0 Å². The van der Waals surface area contributed by atoms with Crippen molar-refractivity contribution in [1.29, 1.82) is 0 Å². The summed E-state index contributed by atoms with van der Waals surface area (Å²) in [6.07, 6.45) is 3.10. The third-order valence-corrected chi connectivity index (χ3v) is 3.43. The van der Waals surface area contributed by atoms with Crippen molar-refractivity contribution in [3.05, 3.63) is 0 Å². The first kappa shape index (κ1) is 13.2. The highest BCUT2D eigenvalue weighted by atomic mass is 16.2. The minimum absolute atomic E-state index is 0.0712. The Labute approximate surface area is 97.4 Å². The van der Waals surface area contributed by atoms with E-state index in [-0.39, 0.29) is 11.9 Å². The normalized spacial score (nSPS) is 19.9. The number of nitrogens with zero attached hydrogens (tertiary/aromatic N) is 1. The summed E-state index contributed by atoms with van der Waals surface area (Å²) in [5, 5.41) is 2.83. The average Bonchev–Trinajstić information content (AvgIpc) is 2.28. The molecule has 1 unspecified atom stereocenters. The smallest absolute Gasteiger partial charge is 0.237 e. The van der Waals surface area contributed by atoms with Crippen LogP contribution in [-0.2, 0) is 9.59 Å². The van der Waals surface area contributed by atoms with Crippen molar-refractivity contribution in [2.75, 3.05) is 13.6 Å². The number of ketones is 1. The molecule has 0 saturated heterocycles. The van der Waals surface area contributed by atoms with Gasteiger partial charge in [-0.05, 0) is 33.7 Å². The summed E-state index contributed by atoms with van der Waals surface area (Å²) >= 11 is 0. The Kier molecular flexibility index (Phi) is 4.93. The van der Waals surface area contributed by atoms with E-state index >= 15 is 0 Å². The van der Waals surface area contributed by atoms with Crippen LogP contribution in [0.5, 0.6) is 0 Å². The van der Waals surface area contributed by atoms with E-state index in [1.54, 1.807) is 0 Å². The summed E-state index contributed by atoms with van der Waals surface area (Å²) in [4.78, 5) is 24.9. The van der Waals surface area contributed by atoms with Crippen LogP contribution in [0.4, 0.5) is 0 Å². The monoisotopic (exact) mass is 226 g/mol. The summed E-state index contributed by atoms with van der Waals surface area (Å²) in [5.41, 5.74) is 0. The van der Waals surface area contributed by atoms with Gasteiger partial charge < -0.3 is 5.32 Å². The van der Waals surface area contributed by atoms with E-state index < -0.39 is 0 Å². The van der Waals surface area contributed by atoms with Crippen LogP contribution in [0, 0.1) is 0 Å². The number of Topliss-reactive ketones (excluding diaryl/α,β-unsaturated/α-hetero) is 1. The Hall–Kier alpha value is -0.900. The van der Waals surface area contributed by atoms with Gasteiger partial charge in [0.2, 0.25) is 5.91 Å². The molecule has 0 heterocycles. The molecule has 0 spiro atoms. The van der Waals surface area contributed by atoms with Crippen molar-refractivity contribution in [3.63, 3.8) is 0 Å². The number of hydrogen-bond donors (Lipinski definition) is 1. The van der Waals surface area contributed by atoms with E-state index in [0.717, 1.165) is 12.8 Å². The summed E-state index contributed by atoms with van der Waals surface area (Å²) in [5.74, 6) is 0.428. The fourth-order valence-corrected chi connectivity index (χ4v) is 2.15. The van der Waals surface area contributed by atoms with Gasteiger partial charge in [0.15, 0.2) is 0 Å². The van der Waals surface area contributed by atoms with Crippen LogP contribution >= 0.6 is 0 Å². The second kappa shape index (κ2) is 5.99. The van der Waals surface area contributed by atoms with Gasteiger partial charge in [0.25, 0.3) is 0 Å². The maximum Gasteiger partial charge on any atom is 0.237 e. The van der Waals surface area contributed by atoms with Crippen LogP contribution in [0.25, 0.3) is 0 Å². The third-order valence-electron chi connectivity index (χ3n) is 3.43. The van der Waals surface area contributed by atoms with Crippen molar-refractivity contribution in [1.82, 2.24) is 10.2 Å². The lowest BCUT2D eigenvalue weighted by atomic mass is 9.92. The third kappa shape index (κ3) is 3.30. The summed E-state index contributed by atoms with van der Waals surface area (Å²) in [6.45, 7) is 4.51. The Morgan fingerprint density at radius 3 is 2.56 bits per heavy atom. The number of hydrogen-bond acceptors (Lipinski definition) is 3. The molecule has 1 N–H and O–H groups in total. The molecule has 1 atom stereocenters. The molecule has 1 aliphatic carbocycles. The minimum atomic E-state index is -0.113. The molecule has 0 aromatic rings. The second-order valence-corrected chi connectivity index (χ2v) is 4.51. The maximum atomic E-state index is 11.7. The number of rotatable bonds is 4. The molecule has 4 heteroatoms. The van der Waals surface area contributed by atoms with Crippen LogP contribution in [-0.4, -0.2) is 42.3 Å². The standard InChI is InChI=1S/C12H22N2O2/c1-4-13-12(16)9(2)14(3)10-5-7-11(15)8-6-10/h9-10H,4-8H2,1-3H3,(H,13,16). The molecule has 0 bridgehead atoms. The van der Waals surface area contributed by atoms with E-state index in [2.05, 4.69) is 10.2 Å². The number of carbonyl (C=O) groups is 2. The molecular formula is C12H22N2O2. The largest absolute Gasteiger partial charge is 0.355 e. The zero-order chi connectivity index (χ0) is 12.1. The van der Waals surface area contributed by atoms with Crippen LogP contribution < -0.4 is 5.32 Å². The van der Waals surface area contributed by atoms with Crippen LogP contribution in [0.15, 0.2) is 0 Å². The SMILES string of the molecule is CCNC(=O)C(C)N(C)C1CCC(=O)CC1. The molecule has 92 valence electrons. The topological polar surface area (TPSA) is 49.4 Å². The molecular weight excluding hydrogens is 204 g/mol. The van der Waals surface area contributed by atoms with Crippen LogP contribution in [0.2, 0.25) is 0 Å². The highest BCUT2D eigenvalue weighted by Gasteiger charge is 2.27. The number of likely N-dealkylation sites (N-methyl/N-ethyl adjacent to an activating group) is 2. The maximum absolute atomic E-state index is 11.7. The average molecular weight is 226 g/mol. The zero-order valence-corrected chi connectivity index (χ0v) is 10.5. The Morgan fingerprint density at radius 2 is 2.06 bits per heavy atom. The summed E-state index contributed by atoms with van der Waals surface area (Å²) in [7, 11) is 1.97. The Morgan fingerprint density at radius 1 is 1.50 bits per heavy atom. The molecule has 0 aromatic carbocycles. The van der Waals surface area contributed by atoms with E-state index in [4.69, 9.17) is 0 Å². The molecule has 0 radical (unpaired) electrons. The van der Waals surface area contributed by atoms with Crippen molar-refractivity contribution in [3.8, 4) is 0 Å². The first-order chi connectivity index (χ1) is 7.56. The highest BCUT2D eigenvalue weighted by molar-refractivity contribution is 5.81. The van der Waals surface area contributed by atoms with Gasteiger partial charge in [-0.1, -0.05) is 0 Å². The quantitative estimate of drug-likeness (QED) is 0.776. The van der Waals surface area contributed by atoms with Gasteiger partial charge in [-0.2, -0.15) is 0 Å². The first-order valence-electron chi connectivity index (χ1n) is 6.07. The molecule has 16 heavy (non-hydrogen) atoms. The Balaban J connectivity index is 2.46. The molecule has 4 nitrogen and oxygen atoms in total. The zero-order valence-electron chi connectivity index (χ0n) is 10.5. The molecule has 1 amide bonds.